The van der Waals surface area contributed by atoms with Crippen LogP contribution < -0.4 is 0 Å². The largest absolute Gasteiger partial charge is 0.454 e. The summed E-state index contributed by atoms with van der Waals surface area (Å²) < 4.78 is 21.8. The fourth-order valence-electron chi connectivity index (χ4n) is 4.53. The van der Waals surface area contributed by atoms with Gasteiger partial charge in [0.05, 0.1) is 13.2 Å². The zero-order valence-electron chi connectivity index (χ0n) is 21.0. The monoisotopic (exact) mass is 524 g/mol. The van der Waals surface area contributed by atoms with E-state index < -0.39 is 80.6 Å². The molecule has 0 spiro atoms. The number of ether oxygens (including phenoxy) is 4. The van der Waals surface area contributed by atoms with Crippen LogP contribution in [-0.2, 0) is 23.7 Å². The van der Waals surface area contributed by atoms with Crippen LogP contribution in [0.15, 0.2) is 0 Å². The van der Waals surface area contributed by atoms with Crippen molar-refractivity contribution < 1.29 is 59.5 Å². The normalized spacial score (nSPS) is 36.8. The lowest BCUT2D eigenvalue weighted by molar-refractivity contribution is -0.384. The number of hydrogen-bond acceptors (Lipinski definition) is 12. The van der Waals surface area contributed by atoms with E-state index in [1.54, 1.807) is 0 Å². The predicted octanol–water partition coefficient (Wildman–Crippen LogP) is -0.924. The lowest BCUT2D eigenvalue weighted by atomic mass is 9.98. The van der Waals surface area contributed by atoms with Gasteiger partial charge in [-0.25, -0.2) is 0 Å². The Morgan fingerprint density at radius 1 is 0.806 bits per heavy atom. The van der Waals surface area contributed by atoms with Crippen molar-refractivity contribution in [3.63, 3.8) is 0 Å². The second-order valence-electron chi connectivity index (χ2n) is 9.60. The zero-order chi connectivity index (χ0) is 26.7. The van der Waals surface area contributed by atoms with Gasteiger partial charge in [-0.3, -0.25) is 4.79 Å². The minimum absolute atomic E-state index is 0.0564. The maximum Gasteiger partial charge on any atom is 0.306 e. The van der Waals surface area contributed by atoms with E-state index in [1.165, 1.54) is 25.7 Å². The van der Waals surface area contributed by atoms with Crippen LogP contribution in [0, 0.1) is 0 Å². The van der Waals surface area contributed by atoms with Crippen molar-refractivity contribution in [2.45, 2.75) is 126 Å². The molecule has 2 rings (SSSR count). The average Bonchev–Trinajstić information content (AvgIpc) is 3.12. The van der Waals surface area contributed by atoms with Crippen LogP contribution >= 0.6 is 0 Å². The van der Waals surface area contributed by atoms with Crippen LogP contribution in [-0.4, -0.2) is 116 Å². The van der Waals surface area contributed by atoms with Crippen LogP contribution in [0.25, 0.3) is 0 Å². The highest BCUT2D eigenvalue weighted by molar-refractivity contribution is 5.69. The quantitative estimate of drug-likeness (QED) is 0.0970. The van der Waals surface area contributed by atoms with E-state index in [0.29, 0.717) is 6.42 Å². The fraction of sp³-hybridized carbons (Fsp3) is 0.958. The molecule has 0 aromatic carbocycles. The van der Waals surface area contributed by atoms with Crippen molar-refractivity contribution >= 4 is 5.97 Å². The van der Waals surface area contributed by atoms with Gasteiger partial charge in [0.2, 0.25) is 12.1 Å². The van der Waals surface area contributed by atoms with Gasteiger partial charge in [0.15, 0.2) is 6.10 Å². The fourth-order valence-corrected chi connectivity index (χ4v) is 4.53. The molecule has 0 saturated carbocycles. The molecule has 9 atom stereocenters. The summed E-state index contributed by atoms with van der Waals surface area (Å²) in [5.74, 6) is -2.95. The molecule has 0 bridgehead atoms. The lowest BCUT2D eigenvalue weighted by Crippen LogP contribution is -2.63. The van der Waals surface area contributed by atoms with E-state index in [0.717, 1.165) is 25.7 Å². The van der Waals surface area contributed by atoms with Gasteiger partial charge in [-0.1, -0.05) is 58.3 Å². The molecule has 2 heterocycles. The van der Waals surface area contributed by atoms with E-state index in [9.17, 15) is 40.5 Å². The molecule has 2 aliphatic rings. The number of unbranched alkanes of at least 4 members (excludes halogenated alkanes) is 8. The average molecular weight is 525 g/mol. The summed E-state index contributed by atoms with van der Waals surface area (Å²) in [4.78, 5) is 12.5. The molecule has 2 saturated heterocycles. The van der Waals surface area contributed by atoms with E-state index in [2.05, 4.69) is 6.92 Å². The van der Waals surface area contributed by atoms with Crippen molar-refractivity contribution in [3.8, 4) is 0 Å². The summed E-state index contributed by atoms with van der Waals surface area (Å²) in [5, 5.41) is 70.1. The van der Waals surface area contributed by atoms with Gasteiger partial charge in [0.1, 0.15) is 43.2 Å². The molecule has 0 aromatic rings. The topological polar surface area (TPSA) is 196 Å². The van der Waals surface area contributed by atoms with Crippen LogP contribution in [0.1, 0.15) is 71.1 Å². The molecule has 0 aromatic heterocycles. The predicted molar refractivity (Wildman–Crippen MR) is 124 cm³/mol. The zero-order valence-corrected chi connectivity index (χ0v) is 21.0. The highest BCUT2D eigenvalue weighted by Crippen LogP contribution is 2.36. The molecule has 0 aliphatic carbocycles. The second kappa shape index (κ2) is 15.5. The Morgan fingerprint density at radius 3 is 1.92 bits per heavy atom. The van der Waals surface area contributed by atoms with E-state index in [-0.39, 0.29) is 6.42 Å². The number of carbonyl (C=O) groups is 1. The van der Waals surface area contributed by atoms with Crippen molar-refractivity contribution in [3.05, 3.63) is 0 Å². The summed E-state index contributed by atoms with van der Waals surface area (Å²) >= 11 is 0. The van der Waals surface area contributed by atoms with Gasteiger partial charge in [0.25, 0.3) is 0 Å². The number of aliphatic hydroxyl groups excluding tert-OH is 7. The van der Waals surface area contributed by atoms with Gasteiger partial charge in [-0.15, -0.1) is 0 Å². The molecule has 2 aliphatic heterocycles. The second-order valence-corrected chi connectivity index (χ2v) is 9.60. The summed E-state index contributed by atoms with van der Waals surface area (Å²) in [5.41, 5.74) is 0. The van der Waals surface area contributed by atoms with Gasteiger partial charge in [-0.2, -0.15) is 0 Å². The number of aliphatic hydroxyl groups is 7. The Kier molecular flexibility index (Phi) is 13.4. The minimum atomic E-state index is -2.28. The smallest absolute Gasteiger partial charge is 0.306 e. The van der Waals surface area contributed by atoms with E-state index in [1.807, 2.05) is 0 Å². The number of rotatable bonds is 16. The minimum Gasteiger partial charge on any atom is -0.454 e. The Labute approximate surface area is 211 Å². The molecular weight excluding hydrogens is 480 g/mol. The summed E-state index contributed by atoms with van der Waals surface area (Å²) in [6.07, 6.45) is -3.07. The highest BCUT2D eigenvalue weighted by Gasteiger charge is 2.59. The Morgan fingerprint density at radius 2 is 1.39 bits per heavy atom. The third kappa shape index (κ3) is 8.03. The summed E-state index contributed by atoms with van der Waals surface area (Å²) in [6, 6.07) is 0. The molecule has 0 amide bonds. The first-order valence-corrected chi connectivity index (χ1v) is 13.0. The van der Waals surface area contributed by atoms with E-state index in [4.69, 9.17) is 18.9 Å². The van der Waals surface area contributed by atoms with Crippen molar-refractivity contribution in [2.75, 3.05) is 19.8 Å². The van der Waals surface area contributed by atoms with Crippen molar-refractivity contribution in [1.82, 2.24) is 0 Å². The van der Waals surface area contributed by atoms with E-state index >= 15 is 0 Å². The Bertz CT molecular complexity index is 636. The molecule has 0 unspecified atom stereocenters. The van der Waals surface area contributed by atoms with Crippen molar-refractivity contribution in [1.29, 1.82) is 0 Å². The summed E-state index contributed by atoms with van der Waals surface area (Å²) in [6.45, 7) is -0.213. The van der Waals surface area contributed by atoms with Gasteiger partial charge < -0.3 is 54.7 Å². The third-order valence-electron chi connectivity index (χ3n) is 6.80. The summed E-state index contributed by atoms with van der Waals surface area (Å²) in [7, 11) is 0. The van der Waals surface area contributed by atoms with Crippen LogP contribution in [0.4, 0.5) is 0 Å². The van der Waals surface area contributed by atoms with Crippen LogP contribution in [0.5, 0.6) is 0 Å². The van der Waals surface area contributed by atoms with Crippen molar-refractivity contribution in [2.24, 2.45) is 0 Å². The molecular formula is C24H44O12. The molecule has 212 valence electrons. The van der Waals surface area contributed by atoms with Crippen LogP contribution in [0.3, 0.4) is 0 Å². The van der Waals surface area contributed by atoms with Crippen LogP contribution in [0.2, 0.25) is 0 Å². The molecule has 36 heavy (non-hydrogen) atoms. The first kappa shape index (κ1) is 31.3. The standard InChI is InChI=1S/C24H44O12/c1-2-3-4-5-6-7-8-9-10-11-17(28)34-21-20(31)18(29)15(12-25)33-23(21)36-24(14-27)22(32)19(30)16(13-26)35-24/h15-16,18-23,25-27,29-32H,2-14H2,1H3/t15-,16-,18-,19-,20+,21-,22+,23-,24-/m1/s1. The highest BCUT2D eigenvalue weighted by atomic mass is 16.8. The Hall–Kier alpha value is -0.930. The lowest BCUT2D eigenvalue weighted by Gasteiger charge is -2.44. The third-order valence-corrected chi connectivity index (χ3v) is 6.80. The molecule has 12 nitrogen and oxygen atoms in total. The number of carbonyl (C=O) groups excluding carboxylic acids is 1. The SMILES string of the molecule is CCCCCCCCCCCC(=O)O[C@H]1[C@@H](O[C@@]2(CO)O[C@H](CO)[C@@H](O)[C@@H]2O)O[C@H](CO)[C@@H](O)[C@@H]1O. The maximum absolute atomic E-state index is 12.5. The first-order chi connectivity index (χ1) is 17.2. The molecule has 12 heteroatoms. The molecule has 7 N–H and O–H groups in total. The van der Waals surface area contributed by atoms with Gasteiger partial charge >= 0.3 is 5.97 Å². The number of esters is 1. The molecule has 2 fully saturated rings. The molecule has 0 radical (unpaired) electrons. The maximum atomic E-state index is 12.5. The van der Waals surface area contributed by atoms with Gasteiger partial charge in [0, 0.05) is 6.42 Å². The number of hydrogen-bond donors (Lipinski definition) is 7. The Balaban J connectivity index is 1.96. The van der Waals surface area contributed by atoms with Gasteiger partial charge in [-0.05, 0) is 6.42 Å². The first-order valence-electron chi connectivity index (χ1n) is 13.0.